The molecule has 0 atom stereocenters. The van der Waals surface area contributed by atoms with Crippen LogP contribution in [0.15, 0.2) is 4.60 Å². The maximum atomic E-state index is 12.6. The highest BCUT2D eigenvalue weighted by molar-refractivity contribution is 9.10. The van der Waals surface area contributed by atoms with Gasteiger partial charge in [0.1, 0.15) is 4.60 Å². The maximum absolute atomic E-state index is 12.6. The maximum Gasteiger partial charge on any atom is 0.268 e. The van der Waals surface area contributed by atoms with Gasteiger partial charge in [-0.15, -0.1) is 0 Å². The van der Waals surface area contributed by atoms with Gasteiger partial charge in [0.15, 0.2) is 0 Å². The molecule has 0 bridgehead atoms. The molecule has 0 spiro atoms. The largest absolute Gasteiger partial charge is 0.268 e. The number of alkyl halides is 2. The summed E-state index contributed by atoms with van der Waals surface area (Å²) in [5.74, 6) is 0. The minimum Gasteiger partial charge on any atom is -0.263 e. The van der Waals surface area contributed by atoms with Crippen LogP contribution in [0.3, 0.4) is 0 Å². The molecule has 5 heteroatoms. The summed E-state index contributed by atoms with van der Waals surface area (Å²) in [6, 6.07) is 0. The number of hydrogen-bond donors (Lipinski definition) is 0. The fourth-order valence-corrected chi connectivity index (χ4v) is 2.00. The van der Waals surface area contributed by atoms with Crippen LogP contribution >= 0.6 is 15.9 Å². The molecule has 0 N–H and O–H groups in total. The summed E-state index contributed by atoms with van der Waals surface area (Å²) in [5, 5.41) is 4.06. The van der Waals surface area contributed by atoms with Gasteiger partial charge in [0.05, 0.1) is 11.1 Å². The van der Waals surface area contributed by atoms with E-state index in [2.05, 4.69) is 21.0 Å². The number of halogens is 3. The third-order valence-electron chi connectivity index (χ3n) is 1.97. The fraction of sp³-hybridized carbons (Fsp3) is 0.667. The summed E-state index contributed by atoms with van der Waals surface area (Å²) < 4.78 is 27.1. The van der Waals surface area contributed by atoms with E-state index in [1.165, 1.54) is 0 Å². The van der Waals surface area contributed by atoms with Gasteiger partial charge < -0.3 is 0 Å². The van der Waals surface area contributed by atoms with Gasteiger partial charge >= 0.3 is 0 Å². The van der Waals surface area contributed by atoms with Crippen molar-refractivity contribution in [3.05, 3.63) is 15.9 Å². The van der Waals surface area contributed by atoms with Gasteiger partial charge in [-0.2, -0.15) is 5.10 Å². The first-order valence-corrected chi connectivity index (χ1v) is 5.08. The summed E-state index contributed by atoms with van der Waals surface area (Å²) in [7, 11) is 0. The molecule has 1 heterocycles. The van der Waals surface area contributed by atoms with Gasteiger partial charge in [-0.1, -0.05) is 0 Å². The Kier molecular flexibility index (Phi) is 2.99. The fourth-order valence-electron chi connectivity index (χ4n) is 1.38. The predicted octanol–water partition coefficient (Wildman–Crippen LogP) is 3.65. The number of hydrogen-bond acceptors (Lipinski definition) is 1. The van der Waals surface area contributed by atoms with Crippen molar-refractivity contribution in [2.45, 2.75) is 39.7 Å². The lowest BCUT2D eigenvalue weighted by atomic mass is 10.1. The van der Waals surface area contributed by atoms with Crippen molar-refractivity contribution in [1.82, 2.24) is 9.78 Å². The summed E-state index contributed by atoms with van der Waals surface area (Å²) in [6.45, 7) is 7.43. The average Bonchev–Trinajstić information content (AvgIpc) is 2.24. The first kappa shape index (κ1) is 11.6. The Balaban J connectivity index is 3.31. The van der Waals surface area contributed by atoms with Crippen molar-refractivity contribution in [2.24, 2.45) is 0 Å². The second-order valence-electron chi connectivity index (χ2n) is 4.17. The number of aromatic nitrogens is 2. The highest BCUT2D eigenvalue weighted by atomic mass is 79.9. The average molecular weight is 267 g/mol. The molecule has 80 valence electrons. The molecule has 0 aromatic carbocycles. The van der Waals surface area contributed by atoms with Crippen molar-refractivity contribution < 1.29 is 8.78 Å². The molecule has 0 aliphatic heterocycles. The molecule has 0 aliphatic rings. The SMILES string of the molecule is Cc1c(C(F)F)c(Br)nn1C(C)(C)C. The zero-order valence-corrected chi connectivity index (χ0v) is 10.2. The topological polar surface area (TPSA) is 17.8 Å². The van der Waals surface area contributed by atoms with E-state index < -0.39 is 6.43 Å². The second-order valence-corrected chi connectivity index (χ2v) is 4.92. The van der Waals surface area contributed by atoms with Crippen LogP contribution in [0.5, 0.6) is 0 Å². The second kappa shape index (κ2) is 3.61. The lowest BCUT2D eigenvalue weighted by Gasteiger charge is -2.21. The molecule has 0 amide bonds. The van der Waals surface area contributed by atoms with Crippen LogP contribution in [0.2, 0.25) is 0 Å². The molecule has 0 unspecified atom stereocenters. The normalized spacial score (nSPS) is 12.6. The summed E-state index contributed by atoms with van der Waals surface area (Å²) in [5.41, 5.74) is 0.221. The Morgan fingerprint density at radius 1 is 1.36 bits per heavy atom. The van der Waals surface area contributed by atoms with Gasteiger partial charge in [0.25, 0.3) is 6.43 Å². The summed E-state index contributed by atoms with van der Waals surface area (Å²) >= 11 is 3.05. The van der Waals surface area contributed by atoms with E-state index in [0.717, 1.165) is 0 Å². The standard InChI is InChI=1S/C9H13BrF2N2/c1-5-6(8(11)12)7(10)13-14(5)9(2,3)4/h8H,1-4H3. The van der Waals surface area contributed by atoms with Crippen LogP contribution in [0.1, 0.15) is 38.5 Å². The van der Waals surface area contributed by atoms with E-state index in [4.69, 9.17) is 0 Å². The van der Waals surface area contributed by atoms with E-state index in [0.29, 0.717) is 5.69 Å². The van der Waals surface area contributed by atoms with Gasteiger partial charge in [-0.05, 0) is 43.6 Å². The molecular weight excluding hydrogens is 254 g/mol. The number of rotatable bonds is 1. The molecule has 1 aromatic heterocycles. The Bertz CT molecular complexity index is 339. The number of nitrogens with zero attached hydrogens (tertiary/aromatic N) is 2. The van der Waals surface area contributed by atoms with E-state index in [9.17, 15) is 8.78 Å². The third kappa shape index (κ3) is 1.97. The molecule has 0 radical (unpaired) electrons. The van der Waals surface area contributed by atoms with Crippen LogP contribution in [-0.2, 0) is 5.54 Å². The monoisotopic (exact) mass is 266 g/mol. The van der Waals surface area contributed by atoms with E-state index in [-0.39, 0.29) is 15.7 Å². The molecule has 2 nitrogen and oxygen atoms in total. The molecule has 0 aliphatic carbocycles. The van der Waals surface area contributed by atoms with Crippen LogP contribution in [-0.4, -0.2) is 9.78 Å². The smallest absolute Gasteiger partial charge is 0.263 e. The molecule has 1 rings (SSSR count). The lowest BCUT2D eigenvalue weighted by Crippen LogP contribution is -2.24. The van der Waals surface area contributed by atoms with Crippen LogP contribution in [0, 0.1) is 6.92 Å². The summed E-state index contributed by atoms with van der Waals surface area (Å²) in [4.78, 5) is 0. The minimum atomic E-state index is -2.49. The van der Waals surface area contributed by atoms with Gasteiger partial charge in [-0.25, -0.2) is 8.78 Å². The molecule has 1 aromatic rings. The van der Waals surface area contributed by atoms with Crippen molar-refractivity contribution in [3.8, 4) is 0 Å². The quantitative estimate of drug-likeness (QED) is 0.759. The van der Waals surface area contributed by atoms with Crippen molar-refractivity contribution in [1.29, 1.82) is 0 Å². The van der Waals surface area contributed by atoms with Crippen LogP contribution < -0.4 is 0 Å². The first-order chi connectivity index (χ1) is 6.25. The van der Waals surface area contributed by atoms with Crippen LogP contribution in [0.25, 0.3) is 0 Å². The minimum absolute atomic E-state index is 0.0140. The predicted molar refractivity (Wildman–Crippen MR) is 54.6 cm³/mol. The van der Waals surface area contributed by atoms with E-state index >= 15 is 0 Å². The zero-order valence-electron chi connectivity index (χ0n) is 8.61. The lowest BCUT2D eigenvalue weighted by molar-refractivity contribution is 0.149. The van der Waals surface area contributed by atoms with Crippen molar-refractivity contribution >= 4 is 15.9 Å². The Hall–Kier alpha value is -0.450. The van der Waals surface area contributed by atoms with Gasteiger partial charge in [-0.3, -0.25) is 4.68 Å². The molecule has 14 heavy (non-hydrogen) atoms. The molecular formula is C9H13BrF2N2. The van der Waals surface area contributed by atoms with E-state index in [1.54, 1.807) is 11.6 Å². The third-order valence-corrected chi connectivity index (χ3v) is 2.56. The van der Waals surface area contributed by atoms with Gasteiger partial charge in [0.2, 0.25) is 0 Å². The van der Waals surface area contributed by atoms with E-state index in [1.807, 2.05) is 20.8 Å². The van der Waals surface area contributed by atoms with Gasteiger partial charge in [0, 0.05) is 5.69 Å². The summed E-state index contributed by atoms with van der Waals surface area (Å²) in [6.07, 6.45) is -2.49. The molecule has 0 fully saturated rings. The Morgan fingerprint density at radius 3 is 2.07 bits per heavy atom. The van der Waals surface area contributed by atoms with Crippen molar-refractivity contribution in [3.63, 3.8) is 0 Å². The molecule has 0 saturated carbocycles. The highest BCUT2D eigenvalue weighted by Crippen LogP contribution is 2.32. The highest BCUT2D eigenvalue weighted by Gasteiger charge is 2.25. The first-order valence-electron chi connectivity index (χ1n) is 4.28. The zero-order chi connectivity index (χ0) is 11.1. The van der Waals surface area contributed by atoms with Crippen molar-refractivity contribution in [2.75, 3.05) is 0 Å². The Labute approximate surface area is 90.4 Å². The Morgan fingerprint density at radius 2 is 1.86 bits per heavy atom. The van der Waals surface area contributed by atoms with Crippen LogP contribution in [0.4, 0.5) is 8.78 Å². The molecule has 0 saturated heterocycles.